The number of amides is 1. The van der Waals surface area contributed by atoms with Gasteiger partial charge >= 0.3 is 0 Å². The second-order valence-corrected chi connectivity index (χ2v) is 4.80. The summed E-state index contributed by atoms with van der Waals surface area (Å²) in [5.74, 6) is -0.201. The van der Waals surface area contributed by atoms with Crippen molar-refractivity contribution < 1.29 is 14.9 Å². The van der Waals surface area contributed by atoms with Gasteiger partial charge in [0, 0.05) is 12.5 Å². The summed E-state index contributed by atoms with van der Waals surface area (Å²) in [7, 11) is 0. The van der Waals surface area contributed by atoms with Gasteiger partial charge in [-0.25, -0.2) is 4.89 Å². The fraction of sp³-hybridized carbons (Fsp3) is 0.357. The average molecular weight is 247 g/mol. The molecule has 1 aliphatic heterocycles. The number of fused-ring (bicyclic) bond motifs is 1. The minimum absolute atomic E-state index is 0.0551. The lowest BCUT2D eigenvalue weighted by molar-refractivity contribution is -0.327. The van der Waals surface area contributed by atoms with Crippen LogP contribution in [0.5, 0.6) is 0 Å². The molecule has 0 fully saturated rings. The van der Waals surface area contributed by atoms with Crippen molar-refractivity contribution >= 4 is 11.6 Å². The Kier molecular flexibility index (Phi) is 3.00. The van der Waals surface area contributed by atoms with Crippen LogP contribution in [0.2, 0.25) is 0 Å². The van der Waals surface area contributed by atoms with Gasteiger partial charge in [0.05, 0.1) is 11.4 Å². The molecule has 1 heterocycles. The Morgan fingerprint density at radius 2 is 2.06 bits per heavy atom. The number of anilines is 1. The third kappa shape index (κ3) is 1.43. The van der Waals surface area contributed by atoms with E-state index >= 15 is 0 Å². The number of nitrogens with zero attached hydrogens (tertiary/aromatic N) is 1. The third-order valence-corrected chi connectivity index (χ3v) is 3.52. The highest BCUT2D eigenvalue weighted by atomic mass is 17.1. The predicted octanol–water partition coefficient (Wildman–Crippen LogP) is 2.91. The van der Waals surface area contributed by atoms with Gasteiger partial charge in [-0.3, -0.25) is 15.0 Å². The standard InChI is InChI=1S/C14H17NO3/c1-9(2)14(18-17)10(3)15(11(4)16)13-8-6-5-7-12(13)14/h5-9,17H,3H2,1-2,4H3. The number of para-hydroxylation sites is 1. The monoisotopic (exact) mass is 247 g/mol. The molecular formula is C14H17NO3. The van der Waals surface area contributed by atoms with Crippen LogP contribution in [0, 0.1) is 5.92 Å². The summed E-state index contributed by atoms with van der Waals surface area (Å²) >= 11 is 0. The van der Waals surface area contributed by atoms with E-state index in [4.69, 9.17) is 4.89 Å². The lowest BCUT2D eigenvalue weighted by Gasteiger charge is -2.32. The van der Waals surface area contributed by atoms with Gasteiger partial charge in [0.25, 0.3) is 0 Å². The summed E-state index contributed by atoms with van der Waals surface area (Å²) in [6, 6.07) is 7.37. The van der Waals surface area contributed by atoms with Crippen molar-refractivity contribution in [3.63, 3.8) is 0 Å². The van der Waals surface area contributed by atoms with Crippen molar-refractivity contribution in [2.75, 3.05) is 4.90 Å². The number of rotatable bonds is 2. The number of carbonyl (C=O) groups excluding carboxylic acids is 1. The van der Waals surface area contributed by atoms with E-state index in [0.717, 1.165) is 11.3 Å². The third-order valence-electron chi connectivity index (χ3n) is 3.52. The molecule has 1 N–H and O–H groups in total. The molecule has 0 aliphatic carbocycles. The van der Waals surface area contributed by atoms with Gasteiger partial charge in [-0.1, -0.05) is 38.6 Å². The van der Waals surface area contributed by atoms with Crippen molar-refractivity contribution in [1.82, 2.24) is 0 Å². The quantitative estimate of drug-likeness (QED) is 0.645. The zero-order chi connectivity index (χ0) is 13.5. The van der Waals surface area contributed by atoms with Crippen molar-refractivity contribution in [3.05, 3.63) is 42.1 Å². The topological polar surface area (TPSA) is 49.8 Å². The molecule has 0 radical (unpaired) electrons. The van der Waals surface area contributed by atoms with Crippen LogP contribution in [-0.4, -0.2) is 11.2 Å². The maximum absolute atomic E-state index is 11.8. The van der Waals surface area contributed by atoms with Gasteiger partial charge in [-0.15, -0.1) is 0 Å². The molecule has 1 aliphatic rings. The molecule has 1 unspecified atom stereocenters. The highest BCUT2D eigenvalue weighted by molar-refractivity contribution is 5.98. The zero-order valence-corrected chi connectivity index (χ0v) is 10.8. The summed E-state index contributed by atoms with van der Waals surface area (Å²) in [4.78, 5) is 18.1. The fourth-order valence-corrected chi connectivity index (χ4v) is 2.66. The summed E-state index contributed by atoms with van der Waals surface area (Å²) in [5, 5.41) is 9.40. The SMILES string of the molecule is C=C1N(C(C)=O)c2ccccc2C1(OO)C(C)C. The van der Waals surface area contributed by atoms with E-state index in [0.29, 0.717) is 5.70 Å². The van der Waals surface area contributed by atoms with Crippen LogP contribution in [0.3, 0.4) is 0 Å². The summed E-state index contributed by atoms with van der Waals surface area (Å²) < 4.78 is 0. The molecule has 96 valence electrons. The largest absolute Gasteiger partial charge is 0.282 e. The van der Waals surface area contributed by atoms with Crippen molar-refractivity contribution in [2.45, 2.75) is 26.4 Å². The second kappa shape index (κ2) is 4.23. The van der Waals surface area contributed by atoms with E-state index in [-0.39, 0.29) is 11.8 Å². The van der Waals surface area contributed by atoms with Gasteiger partial charge in [0.15, 0.2) is 5.60 Å². The highest BCUT2D eigenvalue weighted by Crippen LogP contribution is 2.51. The smallest absolute Gasteiger partial charge is 0.228 e. The van der Waals surface area contributed by atoms with Gasteiger partial charge in [-0.2, -0.15) is 0 Å². The Balaban J connectivity index is 2.72. The van der Waals surface area contributed by atoms with Crippen molar-refractivity contribution in [1.29, 1.82) is 0 Å². The molecular weight excluding hydrogens is 230 g/mol. The minimum atomic E-state index is -1.05. The fourth-order valence-electron chi connectivity index (χ4n) is 2.66. The molecule has 0 saturated heterocycles. The van der Waals surface area contributed by atoms with Crippen LogP contribution in [-0.2, 0) is 15.3 Å². The Bertz CT molecular complexity index is 510. The first-order chi connectivity index (χ1) is 8.46. The Morgan fingerprint density at radius 1 is 1.44 bits per heavy atom. The molecule has 1 aromatic rings. The zero-order valence-electron chi connectivity index (χ0n) is 10.8. The van der Waals surface area contributed by atoms with Gasteiger partial charge < -0.3 is 0 Å². The molecule has 0 saturated carbocycles. The van der Waals surface area contributed by atoms with Crippen LogP contribution in [0.4, 0.5) is 5.69 Å². The van der Waals surface area contributed by atoms with Crippen LogP contribution in [0.15, 0.2) is 36.5 Å². The van der Waals surface area contributed by atoms with Crippen molar-refractivity contribution in [3.8, 4) is 0 Å². The van der Waals surface area contributed by atoms with Gasteiger partial charge in [0.1, 0.15) is 0 Å². The van der Waals surface area contributed by atoms with Crippen LogP contribution < -0.4 is 4.90 Å². The first-order valence-electron chi connectivity index (χ1n) is 5.89. The normalized spacial score (nSPS) is 22.5. The van der Waals surface area contributed by atoms with E-state index in [2.05, 4.69) is 6.58 Å². The molecule has 2 rings (SSSR count). The maximum Gasteiger partial charge on any atom is 0.228 e. The van der Waals surface area contributed by atoms with E-state index in [1.54, 1.807) is 0 Å². The lowest BCUT2D eigenvalue weighted by Crippen LogP contribution is -2.38. The Labute approximate surface area is 106 Å². The molecule has 18 heavy (non-hydrogen) atoms. The van der Waals surface area contributed by atoms with E-state index < -0.39 is 5.60 Å². The van der Waals surface area contributed by atoms with Crippen LogP contribution in [0.1, 0.15) is 26.3 Å². The maximum atomic E-state index is 11.8. The molecule has 1 amide bonds. The number of benzene rings is 1. The van der Waals surface area contributed by atoms with Gasteiger partial charge in [0.2, 0.25) is 5.91 Å². The number of carbonyl (C=O) groups is 1. The molecule has 1 aromatic carbocycles. The van der Waals surface area contributed by atoms with E-state index in [1.807, 2.05) is 38.1 Å². The van der Waals surface area contributed by atoms with Crippen LogP contribution >= 0.6 is 0 Å². The summed E-state index contributed by atoms with van der Waals surface area (Å²) in [6.07, 6.45) is 0. The van der Waals surface area contributed by atoms with E-state index in [9.17, 15) is 10.1 Å². The molecule has 0 bridgehead atoms. The predicted molar refractivity (Wildman–Crippen MR) is 69.0 cm³/mol. The highest BCUT2D eigenvalue weighted by Gasteiger charge is 2.51. The second-order valence-electron chi connectivity index (χ2n) is 4.80. The van der Waals surface area contributed by atoms with Crippen molar-refractivity contribution in [2.24, 2.45) is 5.92 Å². The lowest BCUT2D eigenvalue weighted by atomic mass is 9.83. The average Bonchev–Trinajstić information content (AvgIpc) is 2.57. The Morgan fingerprint density at radius 3 is 2.56 bits per heavy atom. The molecule has 4 nitrogen and oxygen atoms in total. The molecule has 0 spiro atoms. The van der Waals surface area contributed by atoms with Crippen LogP contribution in [0.25, 0.3) is 0 Å². The molecule has 0 aromatic heterocycles. The number of hydrogen-bond donors (Lipinski definition) is 1. The minimum Gasteiger partial charge on any atom is -0.282 e. The number of hydrogen-bond acceptors (Lipinski definition) is 3. The molecule has 4 heteroatoms. The first kappa shape index (κ1) is 12.8. The summed E-state index contributed by atoms with van der Waals surface area (Å²) in [6.45, 7) is 9.24. The summed E-state index contributed by atoms with van der Waals surface area (Å²) in [5.41, 5.74) is 0.886. The Hall–Kier alpha value is -1.65. The first-order valence-corrected chi connectivity index (χ1v) is 5.89. The molecule has 1 atom stereocenters. The van der Waals surface area contributed by atoms with E-state index in [1.165, 1.54) is 11.8 Å². The van der Waals surface area contributed by atoms with Gasteiger partial charge in [-0.05, 0) is 12.0 Å².